The maximum atomic E-state index is 12.5. The lowest BCUT2D eigenvalue weighted by atomic mass is 10.0. The number of amides is 2. The topological polar surface area (TPSA) is 97.6 Å². The van der Waals surface area contributed by atoms with E-state index in [0.717, 1.165) is 5.56 Å². The number of ether oxygens (including phenoxy) is 1. The Kier molecular flexibility index (Phi) is 7.38. The Morgan fingerprint density at radius 2 is 1.60 bits per heavy atom. The van der Waals surface area contributed by atoms with Gasteiger partial charge in [-0.3, -0.25) is 14.4 Å². The van der Waals surface area contributed by atoms with E-state index in [1.54, 1.807) is 36.4 Å². The molecule has 0 fully saturated rings. The van der Waals surface area contributed by atoms with E-state index in [2.05, 4.69) is 10.6 Å². The molecule has 2 N–H and O–H groups in total. The molecule has 1 atom stereocenters. The van der Waals surface area contributed by atoms with Crippen molar-refractivity contribution >= 4 is 17.8 Å². The van der Waals surface area contributed by atoms with Gasteiger partial charge in [0.1, 0.15) is 5.76 Å². The average molecular weight is 406 g/mol. The predicted octanol–water partition coefficient (Wildman–Crippen LogP) is 3.00. The van der Waals surface area contributed by atoms with Gasteiger partial charge in [-0.05, 0) is 29.8 Å². The molecular formula is C23H22N2O5. The highest BCUT2D eigenvalue weighted by atomic mass is 16.5. The van der Waals surface area contributed by atoms with Crippen LogP contribution in [0.4, 0.5) is 0 Å². The van der Waals surface area contributed by atoms with Gasteiger partial charge in [-0.25, -0.2) is 0 Å². The zero-order valence-corrected chi connectivity index (χ0v) is 16.2. The van der Waals surface area contributed by atoms with Gasteiger partial charge in [0, 0.05) is 5.56 Å². The van der Waals surface area contributed by atoms with Crippen LogP contribution < -0.4 is 10.6 Å². The number of furan rings is 1. The quantitative estimate of drug-likeness (QED) is 0.533. The summed E-state index contributed by atoms with van der Waals surface area (Å²) in [7, 11) is 0. The Morgan fingerprint density at radius 3 is 2.27 bits per heavy atom. The van der Waals surface area contributed by atoms with E-state index in [9.17, 15) is 14.4 Å². The first-order valence-corrected chi connectivity index (χ1v) is 9.47. The Bertz CT molecular complexity index is 956. The smallest absolute Gasteiger partial charge is 0.308 e. The van der Waals surface area contributed by atoms with Gasteiger partial charge in [0.2, 0.25) is 0 Å². The van der Waals surface area contributed by atoms with E-state index in [0.29, 0.717) is 11.3 Å². The third kappa shape index (κ3) is 6.34. The summed E-state index contributed by atoms with van der Waals surface area (Å²) in [6.07, 6.45) is 1.41. The second kappa shape index (κ2) is 10.6. The first-order chi connectivity index (χ1) is 14.6. The number of hydrogen-bond acceptors (Lipinski definition) is 5. The van der Waals surface area contributed by atoms with E-state index in [1.165, 1.54) is 6.26 Å². The number of esters is 1. The van der Waals surface area contributed by atoms with Crippen LogP contribution in [0.1, 0.15) is 34.1 Å². The summed E-state index contributed by atoms with van der Waals surface area (Å²) >= 11 is 0. The molecule has 2 aromatic carbocycles. The van der Waals surface area contributed by atoms with Gasteiger partial charge in [0.05, 0.1) is 25.3 Å². The van der Waals surface area contributed by atoms with Crippen molar-refractivity contribution in [2.24, 2.45) is 0 Å². The lowest BCUT2D eigenvalue weighted by Gasteiger charge is -2.18. The van der Waals surface area contributed by atoms with Crippen molar-refractivity contribution in [1.82, 2.24) is 10.6 Å². The van der Waals surface area contributed by atoms with E-state index < -0.39 is 24.5 Å². The number of rotatable bonds is 9. The molecule has 0 aliphatic heterocycles. The normalized spacial score (nSPS) is 11.3. The molecule has 0 aliphatic carbocycles. The molecule has 0 saturated carbocycles. The highest BCUT2D eigenvalue weighted by Gasteiger charge is 2.20. The molecule has 7 heteroatoms. The van der Waals surface area contributed by atoms with Crippen LogP contribution in [0.3, 0.4) is 0 Å². The molecule has 1 heterocycles. The summed E-state index contributed by atoms with van der Waals surface area (Å²) in [4.78, 5) is 36.7. The van der Waals surface area contributed by atoms with Crippen molar-refractivity contribution in [1.29, 1.82) is 0 Å². The first kappa shape index (κ1) is 20.9. The first-order valence-electron chi connectivity index (χ1n) is 9.47. The SMILES string of the molecule is O=C(COC(=O)CC(NC(=O)c1ccccc1)c1ccccc1)NCc1ccco1. The minimum atomic E-state index is -0.592. The van der Waals surface area contributed by atoms with Crippen molar-refractivity contribution in [3.8, 4) is 0 Å². The van der Waals surface area contributed by atoms with Crippen LogP contribution in [0.15, 0.2) is 83.5 Å². The molecule has 0 spiro atoms. The Morgan fingerprint density at radius 1 is 0.900 bits per heavy atom. The average Bonchev–Trinajstić information content (AvgIpc) is 3.31. The monoisotopic (exact) mass is 406 g/mol. The van der Waals surface area contributed by atoms with Gasteiger partial charge in [0.15, 0.2) is 6.61 Å². The summed E-state index contributed by atoms with van der Waals surface area (Å²) in [6, 6.07) is 20.7. The molecule has 2 amide bonds. The molecule has 3 aromatic rings. The van der Waals surface area contributed by atoms with Crippen LogP contribution in [-0.2, 0) is 20.9 Å². The molecular weight excluding hydrogens is 384 g/mol. The van der Waals surface area contributed by atoms with Crippen LogP contribution in [0.2, 0.25) is 0 Å². The van der Waals surface area contributed by atoms with Crippen LogP contribution in [0.25, 0.3) is 0 Å². The highest BCUT2D eigenvalue weighted by Crippen LogP contribution is 2.18. The fraction of sp³-hybridized carbons (Fsp3) is 0.174. The van der Waals surface area contributed by atoms with Gasteiger partial charge in [-0.1, -0.05) is 48.5 Å². The Labute approximate surface area is 174 Å². The summed E-state index contributed by atoms with van der Waals surface area (Å²) in [5, 5.41) is 5.46. The predicted molar refractivity (Wildman–Crippen MR) is 109 cm³/mol. The van der Waals surface area contributed by atoms with Crippen molar-refractivity contribution in [3.63, 3.8) is 0 Å². The van der Waals surface area contributed by atoms with Crippen molar-refractivity contribution in [2.45, 2.75) is 19.0 Å². The summed E-state index contributed by atoms with van der Waals surface area (Å²) in [5.41, 5.74) is 1.25. The van der Waals surface area contributed by atoms with E-state index in [4.69, 9.17) is 9.15 Å². The Balaban J connectivity index is 1.55. The van der Waals surface area contributed by atoms with Crippen LogP contribution in [0.5, 0.6) is 0 Å². The fourth-order valence-corrected chi connectivity index (χ4v) is 2.79. The summed E-state index contributed by atoms with van der Waals surface area (Å²) in [5.74, 6) is -0.731. The maximum absolute atomic E-state index is 12.5. The van der Waals surface area contributed by atoms with Crippen molar-refractivity contribution < 1.29 is 23.5 Å². The van der Waals surface area contributed by atoms with Gasteiger partial charge < -0.3 is 19.8 Å². The molecule has 0 aliphatic rings. The zero-order chi connectivity index (χ0) is 21.2. The molecule has 154 valence electrons. The van der Waals surface area contributed by atoms with Gasteiger partial charge in [-0.15, -0.1) is 0 Å². The molecule has 1 aromatic heterocycles. The largest absolute Gasteiger partial charge is 0.467 e. The lowest BCUT2D eigenvalue weighted by molar-refractivity contribution is -0.149. The fourth-order valence-electron chi connectivity index (χ4n) is 2.79. The molecule has 7 nitrogen and oxygen atoms in total. The number of hydrogen-bond donors (Lipinski definition) is 2. The van der Waals surface area contributed by atoms with Gasteiger partial charge in [0.25, 0.3) is 11.8 Å². The summed E-state index contributed by atoms with van der Waals surface area (Å²) in [6.45, 7) is -0.198. The molecule has 0 bridgehead atoms. The lowest BCUT2D eigenvalue weighted by Crippen LogP contribution is -2.32. The highest BCUT2D eigenvalue weighted by molar-refractivity contribution is 5.94. The molecule has 3 rings (SSSR count). The zero-order valence-electron chi connectivity index (χ0n) is 16.2. The van der Waals surface area contributed by atoms with Crippen LogP contribution in [0, 0.1) is 0 Å². The van der Waals surface area contributed by atoms with Crippen LogP contribution >= 0.6 is 0 Å². The Hall–Kier alpha value is -3.87. The van der Waals surface area contributed by atoms with Gasteiger partial charge >= 0.3 is 5.97 Å². The molecule has 0 saturated heterocycles. The summed E-state index contributed by atoms with van der Waals surface area (Å²) < 4.78 is 10.2. The van der Waals surface area contributed by atoms with E-state index in [1.807, 2.05) is 36.4 Å². The minimum absolute atomic E-state index is 0.103. The van der Waals surface area contributed by atoms with E-state index >= 15 is 0 Å². The standard InChI is InChI=1S/C23H22N2O5/c26-21(24-15-19-12-7-13-29-19)16-30-22(27)14-20(17-8-3-1-4-9-17)25-23(28)18-10-5-2-6-11-18/h1-13,20H,14-16H2,(H,24,26)(H,25,28). The number of nitrogens with one attached hydrogen (secondary N) is 2. The van der Waals surface area contributed by atoms with Crippen molar-refractivity contribution in [2.75, 3.05) is 6.61 Å². The minimum Gasteiger partial charge on any atom is -0.467 e. The van der Waals surface area contributed by atoms with Crippen LogP contribution in [-0.4, -0.2) is 24.4 Å². The van der Waals surface area contributed by atoms with Crippen molar-refractivity contribution in [3.05, 3.63) is 95.9 Å². The second-order valence-electron chi connectivity index (χ2n) is 6.52. The number of benzene rings is 2. The number of carbonyl (C=O) groups is 3. The molecule has 30 heavy (non-hydrogen) atoms. The van der Waals surface area contributed by atoms with E-state index in [-0.39, 0.29) is 18.9 Å². The second-order valence-corrected chi connectivity index (χ2v) is 6.52. The molecule has 0 radical (unpaired) electrons. The molecule has 1 unspecified atom stereocenters. The third-order valence-corrected chi connectivity index (χ3v) is 4.32. The van der Waals surface area contributed by atoms with Gasteiger partial charge in [-0.2, -0.15) is 0 Å². The number of carbonyl (C=O) groups excluding carboxylic acids is 3. The maximum Gasteiger partial charge on any atom is 0.308 e. The third-order valence-electron chi connectivity index (χ3n) is 4.32.